The summed E-state index contributed by atoms with van der Waals surface area (Å²) in [5, 5.41) is 11.1. The van der Waals surface area contributed by atoms with E-state index < -0.39 is 0 Å². The number of carbonyl (C=O) groups is 1. The molecule has 4 aromatic rings. The number of hydrogen-bond donors (Lipinski definition) is 2. The molecule has 0 saturated carbocycles. The van der Waals surface area contributed by atoms with Gasteiger partial charge in [0.2, 0.25) is 0 Å². The lowest BCUT2D eigenvalue weighted by Gasteiger charge is -2.26. The number of para-hydroxylation sites is 1. The van der Waals surface area contributed by atoms with Crippen LogP contribution in [0.1, 0.15) is 5.69 Å². The molecular formula is C25H26N6O2. The Morgan fingerprint density at radius 2 is 1.70 bits per heavy atom. The second-order valence-corrected chi connectivity index (χ2v) is 8.08. The maximum Gasteiger partial charge on any atom is 0.323 e. The van der Waals surface area contributed by atoms with Crippen molar-refractivity contribution in [3.63, 3.8) is 0 Å². The van der Waals surface area contributed by atoms with E-state index in [0.29, 0.717) is 0 Å². The van der Waals surface area contributed by atoms with Gasteiger partial charge in [-0.1, -0.05) is 30.3 Å². The second kappa shape index (κ2) is 9.40. The lowest BCUT2D eigenvalue weighted by molar-refractivity contribution is 0.0337. The first-order chi connectivity index (χ1) is 16.2. The molecule has 33 heavy (non-hydrogen) atoms. The van der Waals surface area contributed by atoms with Crippen LogP contribution < -0.4 is 10.6 Å². The Hall–Kier alpha value is -3.75. The molecule has 168 valence electrons. The van der Waals surface area contributed by atoms with Gasteiger partial charge in [0.15, 0.2) is 5.65 Å². The summed E-state index contributed by atoms with van der Waals surface area (Å²) in [6, 6.07) is 19.1. The summed E-state index contributed by atoms with van der Waals surface area (Å²) in [7, 11) is 1.91. The number of urea groups is 1. The van der Waals surface area contributed by atoms with Gasteiger partial charge in [-0.15, -0.1) is 0 Å². The fourth-order valence-corrected chi connectivity index (χ4v) is 4.02. The van der Waals surface area contributed by atoms with E-state index in [-0.39, 0.29) is 6.03 Å². The van der Waals surface area contributed by atoms with E-state index in [0.717, 1.165) is 72.1 Å². The number of anilines is 2. The lowest BCUT2D eigenvalue weighted by atomic mass is 10.0. The highest BCUT2D eigenvalue weighted by molar-refractivity contribution is 6.00. The van der Waals surface area contributed by atoms with E-state index in [1.165, 1.54) is 0 Å². The molecule has 1 aliphatic rings. The number of ether oxygens (including phenoxy) is 1. The summed E-state index contributed by atoms with van der Waals surface area (Å²) in [5.74, 6) is 0. The molecule has 2 aromatic carbocycles. The summed E-state index contributed by atoms with van der Waals surface area (Å²) in [6.07, 6.45) is 1.86. The topological polar surface area (TPSA) is 84.3 Å². The SMILES string of the molecule is Cn1ncc2c(-c3ccc(NC(=O)Nc4ccccc4)cc3)cc(CN3CCOCC3)nc21. The number of carbonyl (C=O) groups excluding carboxylic acids is 1. The summed E-state index contributed by atoms with van der Waals surface area (Å²) in [5.41, 5.74) is 5.46. The number of aromatic nitrogens is 3. The number of amides is 2. The number of nitrogens with one attached hydrogen (secondary N) is 2. The number of hydrogen-bond acceptors (Lipinski definition) is 5. The highest BCUT2D eigenvalue weighted by Gasteiger charge is 2.16. The third kappa shape index (κ3) is 4.87. The molecule has 0 spiro atoms. The zero-order valence-corrected chi connectivity index (χ0v) is 18.5. The number of morpholine rings is 1. The highest BCUT2D eigenvalue weighted by atomic mass is 16.5. The Kier molecular flexibility index (Phi) is 6.01. The van der Waals surface area contributed by atoms with Gasteiger partial charge in [0.25, 0.3) is 0 Å². The second-order valence-electron chi connectivity index (χ2n) is 8.08. The van der Waals surface area contributed by atoms with Crippen molar-refractivity contribution < 1.29 is 9.53 Å². The Balaban J connectivity index is 1.37. The standard InChI is InChI=1S/C25H26N6O2/c1-30-24-23(16-26-30)22(15-21(27-24)17-31-11-13-33-14-12-31)18-7-9-20(10-8-18)29-25(32)28-19-5-3-2-4-6-19/h2-10,15-16H,11-14,17H2,1H3,(H2,28,29,32). The average molecular weight is 443 g/mol. The van der Waals surface area contributed by atoms with Crippen LogP contribution >= 0.6 is 0 Å². The van der Waals surface area contributed by atoms with Crippen LogP contribution in [0, 0.1) is 0 Å². The van der Waals surface area contributed by atoms with Gasteiger partial charge in [-0.25, -0.2) is 9.78 Å². The van der Waals surface area contributed by atoms with E-state index in [1.807, 2.05) is 72.5 Å². The van der Waals surface area contributed by atoms with Gasteiger partial charge < -0.3 is 15.4 Å². The maximum absolute atomic E-state index is 12.3. The van der Waals surface area contributed by atoms with Crippen molar-refractivity contribution in [1.29, 1.82) is 0 Å². The normalized spacial score (nSPS) is 14.3. The number of nitrogens with zero attached hydrogens (tertiary/aromatic N) is 4. The van der Waals surface area contributed by atoms with Crippen LogP contribution in [0.15, 0.2) is 66.9 Å². The number of pyridine rings is 1. The Morgan fingerprint density at radius 3 is 2.42 bits per heavy atom. The zero-order valence-electron chi connectivity index (χ0n) is 18.5. The summed E-state index contributed by atoms with van der Waals surface area (Å²) in [4.78, 5) is 19.5. The van der Waals surface area contributed by atoms with E-state index in [1.54, 1.807) is 0 Å². The summed E-state index contributed by atoms with van der Waals surface area (Å²) in [6.45, 7) is 4.11. The zero-order chi connectivity index (χ0) is 22.6. The van der Waals surface area contributed by atoms with Gasteiger partial charge in [0.05, 0.1) is 25.1 Å². The molecule has 0 radical (unpaired) electrons. The molecule has 1 aliphatic heterocycles. The molecule has 8 nitrogen and oxygen atoms in total. The van der Waals surface area contributed by atoms with E-state index in [4.69, 9.17) is 9.72 Å². The fourth-order valence-electron chi connectivity index (χ4n) is 4.02. The molecule has 5 rings (SSSR count). The number of rotatable bonds is 5. The highest BCUT2D eigenvalue weighted by Crippen LogP contribution is 2.30. The van der Waals surface area contributed by atoms with E-state index >= 15 is 0 Å². The van der Waals surface area contributed by atoms with Gasteiger partial charge in [-0.05, 0) is 41.5 Å². The van der Waals surface area contributed by atoms with E-state index in [9.17, 15) is 4.79 Å². The molecule has 1 fully saturated rings. The molecule has 8 heteroatoms. The molecule has 0 bridgehead atoms. The summed E-state index contributed by atoms with van der Waals surface area (Å²) >= 11 is 0. The fraction of sp³-hybridized carbons (Fsp3) is 0.240. The molecule has 2 aromatic heterocycles. The van der Waals surface area contributed by atoms with E-state index in [2.05, 4.69) is 26.7 Å². The van der Waals surface area contributed by atoms with Crippen molar-refractivity contribution in [2.75, 3.05) is 36.9 Å². The molecule has 1 saturated heterocycles. The minimum atomic E-state index is -0.277. The maximum atomic E-state index is 12.3. The van der Waals surface area contributed by atoms with Gasteiger partial charge in [-0.2, -0.15) is 5.10 Å². The molecular weight excluding hydrogens is 416 g/mol. The van der Waals surface area contributed by atoms with Crippen molar-refractivity contribution >= 4 is 28.4 Å². The molecule has 0 unspecified atom stereocenters. The first-order valence-electron chi connectivity index (χ1n) is 11.0. The Bertz CT molecular complexity index is 1250. The van der Waals surface area contributed by atoms with Crippen LogP contribution in [0.5, 0.6) is 0 Å². The van der Waals surface area contributed by atoms with Gasteiger partial charge in [0, 0.05) is 43.4 Å². The largest absolute Gasteiger partial charge is 0.379 e. The minimum Gasteiger partial charge on any atom is -0.379 e. The van der Waals surface area contributed by atoms with Gasteiger partial charge >= 0.3 is 6.03 Å². The predicted octanol–water partition coefficient (Wildman–Crippen LogP) is 4.11. The average Bonchev–Trinajstić information content (AvgIpc) is 3.21. The Morgan fingerprint density at radius 1 is 1.00 bits per heavy atom. The molecule has 0 aliphatic carbocycles. The molecule has 2 N–H and O–H groups in total. The van der Waals surface area contributed by atoms with Gasteiger partial charge in [0.1, 0.15) is 0 Å². The van der Waals surface area contributed by atoms with Crippen LogP contribution in [-0.4, -0.2) is 52.0 Å². The summed E-state index contributed by atoms with van der Waals surface area (Å²) < 4.78 is 7.28. The molecule has 2 amide bonds. The van der Waals surface area contributed by atoms with Crippen LogP contribution in [0.2, 0.25) is 0 Å². The lowest BCUT2D eigenvalue weighted by Crippen LogP contribution is -2.35. The van der Waals surface area contributed by atoms with Gasteiger partial charge in [-0.3, -0.25) is 9.58 Å². The van der Waals surface area contributed by atoms with Crippen LogP contribution in [0.4, 0.5) is 16.2 Å². The smallest absolute Gasteiger partial charge is 0.323 e. The van der Waals surface area contributed by atoms with Crippen molar-refractivity contribution in [2.45, 2.75) is 6.54 Å². The third-order valence-electron chi connectivity index (χ3n) is 5.73. The third-order valence-corrected chi connectivity index (χ3v) is 5.73. The predicted molar refractivity (Wildman–Crippen MR) is 129 cm³/mol. The number of aryl methyl sites for hydroxylation is 1. The molecule has 0 atom stereocenters. The van der Waals surface area contributed by atoms with Crippen molar-refractivity contribution in [1.82, 2.24) is 19.7 Å². The minimum absolute atomic E-state index is 0.277. The number of benzene rings is 2. The first kappa shape index (κ1) is 21.1. The van der Waals surface area contributed by atoms with Crippen molar-refractivity contribution in [2.24, 2.45) is 7.05 Å². The van der Waals surface area contributed by atoms with Crippen molar-refractivity contribution in [3.05, 3.63) is 72.6 Å². The molecule has 3 heterocycles. The van der Waals surface area contributed by atoms with Crippen molar-refractivity contribution in [3.8, 4) is 11.1 Å². The van der Waals surface area contributed by atoms with Crippen LogP contribution in [-0.2, 0) is 18.3 Å². The quantitative estimate of drug-likeness (QED) is 0.486. The Labute approximate surface area is 192 Å². The monoisotopic (exact) mass is 442 g/mol. The van der Waals surface area contributed by atoms with Crippen LogP contribution in [0.3, 0.4) is 0 Å². The first-order valence-corrected chi connectivity index (χ1v) is 11.0. The number of fused-ring (bicyclic) bond motifs is 1. The van der Waals surface area contributed by atoms with Crippen LogP contribution in [0.25, 0.3) is 22.2 Å².